The molecule has 2 heterocycles. The highest BCUT2D eigenvalue weighted by Crippen LogP contribution is 2.44. The van der Waals surface area contributed by atoms with Gasteiger partial charge in [-0.1, -0.05) is 59.6 Å². The van der Waals surface area contributed by atoms with Crippen LogP contribution in [0.2, 0.25) is 0 Å². The quantitative estimate of drug-likeness (QED) is 0.149. The van der Waals surface area contributed by atoms with E-state index in [9.17, 15) is 24.3 Å². The third kappa shape index (κ3) is 3.47. The first-order valence-electron chi connectivity index (χ1n) is 10.6. The molecule has 1 N–H and O–H groups in total. The third-order valence-corrected chi connectivity index (χ3v) is 6.54. The molecule has 1 fully saturated rings. The Bertz CT molecular complexity index is 1450. The van der Waals surface area contributed by atoms with Gasteiger partial charge in [-0.25, -0.2) is 9.48 Å². The van der Waals surface area contributed by atoms with Gasteiger partial charge in [0.2, 0.25) is 0 Å². The second kappa shape index (κ2) is 8.59. The van der Waals surface area contributed by atoms with Gasteiger partial charge in [-0.05, 0) is 26.0 Å². The fraction of sp³-hybridized carbons (Fsp3) is 0.200. The topological polar surface area (TPSA) is 111 Å². The number of halogens is 1. The molecule has 0 saturated carbocycles. The lowest BCUT2D eigenvalue weighted by Crippen LogP contribution is -2.51. The molecule has 1 aliphatic rings. The van der Waals surface area contributed by atoms with Crippen molar-refractivity contribution in [1.82, 2.24) is 9.36 Å². The van der Waals surface area contributed by atoms with Gasteiger partial charge in [0, 0.05) is 12.6 Å². The van der Waals surface area contributed by atoms with Crippen molar-refractivity contribution < 1.29 is 24.2 Å². The number of aliphatic hydroxyl groups excluding tert-OH is 1. The fourth-order valence-corrected chi connectivity index (χ4v) is 4.54. The monoisotopic (exact) mass is 495 g/mol. The van der Waals surface area contributed by atoms with Crippen LogP contribution in [0.4, 0.5) is 5.69 Å². The number of ketones is 1. The van der Waals surface area contributed by atoms with Crippen molar-refractivity contribution in [1.29, 1.82) is 0 Å². The van der Waals surface area contributed by atoms with Gasteiger partial charge in [-0.15, -0.1) is 0 Å². The number of Topliss-reactive ketones (excluding diaryl/α,β-unsaturated/α-hetero) is 1. The first-order chi connectivity index (χ1) is 16.5. The SMILES string of the molecule is COC(=O)C1(Cl)/C(=C(/O)c2ccc(C)cc2)C(=O)C(=O)N1c1c(C)n(C)n(-c2ccccc2)c1=O. The number of aromatic nitrogens is 2. The Morgan fingerprint density at radius 1 is 1.00 bits per heavy atom. The lowest BCUT2D eigenvalue weighted by atomic mass is 9.99. The number of esters is 1. The molecule has 9 nitrogen and oxygen atoms in total. The highest BCUT2D eigenvalue weighted by atomic mass is 35.5. The molecule has 1 unspecified atom stereocenters. The number of rotatable bonds is 4. The molecule has 0 bridgehead atoms. The Morgan fingerprint density at radius 3 is 2.17 bits per heavy atom. The van der Waals surface area contributed by atoms with Crippen molar-refractivity contribution in [2.24, 2.45) is 7.05 Å². The summed E-state index contributed by atoms with van der Waals surface area (Å²) in [5.74, 6) is -4.34. The zero-order chi connectivity index (χ0) is 25.7. The highest BCUT2D eigenvalue weighted by Gasteiger charge is 2.63. The van der Waals surface area contributed by atoms with Crippen LogP contribution in [0.1, 0.15) is 16.8 Å². The number of methoxy groups -OCH3 is 1. The van der Waals surface area contributed by atoms with Crippen LogP contribution in [0.5, 0.6) is 0 Å². The minimum absolute atomic E-state index is 0.161. The van der Waals surface area contributed by atoms with E-state index in [1.807, 2.05) is 6.92 Å². The lowest BCUT2D eigenvalue weighted by Gasteiger charge is -2.29. The van der Waals surface area contributed by atoms with Crippen molar-refractivity contribution in [2.45, 2.75) is 18.8 Å². The summed E-state index contributed by atoms with van der Waals surface area (Å²) in [6, 6.07) is 15.0. The molecular weight excluding hydrogens is 474 g/mol. The second-order valence-corrected chi connectivity index (χ2v) is 8.63. The zero-order valence-electron chi connectivity index (χ0n) is 19.4. The number of hydrogen-bond donors (Lipinski definition) is 1. The lowest BCUT2D eigenvalue weighted by molar-refractivity contribution is -0.143. The van der Waals surface area contributed by atoms with E-state index in [1.54, 1.807) is 56.4 Å². The Morgan fingerprint density at radius 2 is 1.60 bits per heavy atom. The van der Waals surface area contributed by atoms with Gasteiger partial charge in [0.25, 0.3) is 16.3 Å². The summed E-state index contributed by atoms with van der Waals surface area (Å²) < 4.78 is 7.59. The van der Waals surface area contributed by atoms with Crippen LogP contribution < -0.4 is 10.5 Å². The number of carbonyl (C=O) groups is 3. The normalized spacial score (nSPS) is 19.3. The number of alkyl halides is 1. The summed E-state index contributed by atoms with van der Waals surface area (Å²) in [6.45, 7) is 3.38. The second-order valence-electron chi connectivity index (χ2n) is 8.08. The molecule has 10 heteroatoms. The Labute approximate surface area is 205 Å². The number of benzene rings is 2. The number of aryl methyl sites for hydroxylation is 1. The summed E-state index contributed by atoms with van der Waals surface area (Å²) in [7, 11) is 2.61. The van der Waals surface area contributed by atoms with Gasteiger partial charge < -0.3 is 9.84 Å². The van der Waals surface area contributed by atoms with Gasteiger partial charge in [0.1, 0.15) is 17.0 Å². The number of nitrogens with zero attached hydrogens (tertiary/aromatic N) is 3. The molecule has 0 aliphatic carbocycles. The number of anilines is 1. The molecule has 0 spiro atoms. The van der Waals surface area contributed by atoms with Gasteiger partial charge >= 0.3 is 11.9 Å². The number of ether oxygens (including phenoxy) is 1. The maximum atomic E-state index is 13.6. The average Bonchev–Trinajstić information content (AvgIpc) is 3.19. The van der Waals surface area contributed by atoms with Crippen LogP contribution in [-0.2, 0) is 26.2 Å². The van der Waals surface area contributed by atoms with Gasteiger partial charge in [-0.3, -0.25) is 24.0 Å². The first-order valence-corrected chi connectivity index (χ1v) is 10.9. The van der Waals surface area contributed by atoms with Crippen molar-refractivity contribution in [2.75, 3.05) is 12.0 Å². The van der Waals surface area contributed by atoms with Crippen LogP contribution in [0.15, 0.2) is 65.0 Å². The van der Waals surface area contributed by atoms with E-state index in [4.69, 9.17) is 16.3 Å². The standard InChI is InChI=1S/C25H22ClN3O6/c1-14-10-12-16(13-11-14)20(30)18-21(31)23(33)28(25(18,26)24(34)35-4)19-15(2)27(3)29(22(19)32)17-8-6-5-7-9-17/h5-13,30H,1-4H3/b20-18+. The number of aliphatic hydroxyl groups is 1. The molecule has 180 valence electrons. The minimum Gasteiger partial charge on any atom is -0.507 e. The molecule has 1 aromatic heterocycles. The Kier molecular flexibility index (Phi) is 5.90. The Hall–Kier alpha value is -4.11. The molecule has 1 aliphatic heterocycles. The number of para-hydroxylation sites is 1. The molecule has 0 radical (unpaired) electrons. The number of amides is 1. The molecule has 35 heavy (non-hydrogen) atoms. The summed E-state index contributed by atoms with van der Waals surface area (Å²) >= 11 is 6.74. The smallest absolute Gasteiger partial charge is 0.353 e. The Balaban J connectivity index is 2.02. The summed E-state index contributed by atoms with van der Waals surface area (Å²) in [6.07, 6.45) is 0. The van der Waals surface area contributed by atoms with E-state index in [0.717, 1.165) is 12.7 Å². The first kappa shape index (κ1) is 24.0. The van der Waals surface area contributed by atoms with E-state index in [1.165, 1.54) is 21.5 Å². The predicted octanol–water partition coefficient (Wildman–Crippen LogP) is 2.79. The third-order valence-electron chi connectivity index (χ3n) is 6.03. The molecule has 1 atom stereocenters. The zero-order valence-corrected chi connectivity index (χ0v) is 20.2. The van der Waals surface area contributed by atoms with Crippen LogP contribution in [0.25, 0.3) is 11.4 Å². The van der Waals surface area contributed by atoms with Crippen molar-refractivity contribution in [3.05, 3.63) is 87.3 Å². The van der Waals surface area contributed by atoms with E-state index in [2.05, 4.69) is 0 Å². The van der Waals surface area contributed by atoms with Gasteiger partial charge in [-0.2, -0.15) is 0 Å². The predicted molar refractivity (Wildman–Crippen MR) is 130 cm³/mol. The van der Waals surface area contributed by atoms with Gasteiger partial charge in [0.05, 0.1) is 18.5 Å². The molecule has 1 amide bonds. The van der Waals surface area contributed by atoms with E-state index in [0.29, 0.717) is 10.6 Å². The molecule has 3 aromatic rings. The molecule has 2 aromatic carbocycles. The fourth-order valence-electron chi connectivity index (χ4n) is 4.13. The van der Waals surface area contributed by atoms with Crippen LogP contribution >= 0.6 is 11.6 Å². The van der Waals surface area contributed by atoms with Crippen LogP contribution in [0.3, 0.4) is 0 Å². The van der Waals surface area contributed by atoms with Crippen molar-refractivity contribution >= 4 is 40.7 Å². The maximum absolute atomic E-state index is 13.6. The van der Waals surface area contributed by atoms with Crippen molar-refractivity contribution in [3.8, 4) is 5.69 Å². The average molecular weight is 496 g/mol. The highest BCUT2D eigenvalue weighted by molar-refractivity contribution is 6.61. The molecular formula is C25H22ClN3O6. The maximum Gasteiger partial charge on any atom is 0.353 e. The molecule has 4 rings (SSSR count). The van der Waals surface area contributed by atoms with Crippen LogP contribution in [-0.4, -0.2) is 44.2 Å². The minimum atomic E-state index is -2.61. The molecule has 1 saturated heterocycles. The summed E-state index contributed by atoms with van der Waals surface area (Å²) in [4.78, 5) is 51.1. The van der Waals surface area contributed by atoms with E-state index < -0.39 is 39.5 Å². The van der Waals surface area contributed by atoms with Crippen LogP contribution in [0, 0.1) is 13.8 Å². The van der Waals surface area contributed by atoms with E-state index >= 15 is 0 Å². The van der Waals surface area contributed by atoms with E-state index in [-0.39, 0.29) is 16.9 Å². The number of hydrogen-bond acceptors (Lipinski definition) is 6. The summed E-state index contributed by atoms with van der Waals surface area (Å²) in [5, 5.41) is 11.0. The number of carbonyl (C=O) groups excluding carboxylic acids is 3. The van der Waals surface area contributed by atoms with Gasteiger partial charge in [0.15, 0.2) is 0 Å². The largest absolute Gasteiger partial charge is 0.507 e. The summed E-state index contributed by atoms with van der Waals surface area (Å²) in [5.41, 5.74) is 0.120. The van der Waals surface area contributed by atoms with Crippen molar-refractivity contribution in [3.63, 3.8) is 0 Å².